The molecule has 1 aromatic carbocycles. The average molecular weight is 383 g/mol. The molecule has 9 nitrogen and oxygen atoms in total. The molecule has 0 aliphatic carbocycles. The first kappa shape index (κ1) is 19.9. The lowest BCUT2D eigenvalue weighted by Crippen LogP contribution is -2.57. The van der Waals surface area contributed by atoms with E-state index in [1.165, 1.54) is 20.1 Å². The summed E-state index contributed by atoms with van der Waals surface area (Å²) in [6.07, 6.45) is -0.383. The number of carbonyl (C=O) groups excluding carboxylic acids is 3. The number of hydrogen-bond acceptors (Lipinski definition) is 6. The van der Waals surface area contributed by atoms with Gasteiger partial charge in [0.05, 0.1) is 18.4 Å². The molecule has 26 heavy (non-hydrogen) atoms. The van der Waals surface area contributed by atoms with E-state index in [-0.39, 0.29) is 30.3 Å². The maximum atomic E-state index is 13.2. The van der Waals surface area contributed by atoms with Crippen LogP contribution in [0.15, 0.2) is 23.1 Å². The molecule has 1 heterocycles. The van der Waals surface area contributed by atoms with E-state index < -0.39 is 27.9 Å². The number of benzene rings is 1. The van der Waals surface area contributed by atoms with Crippen LogP contribution in [0, 0.1) is 6.92 Å². The minimum atomic E-state index is -4.07. The predicted octanol–water partition coefficient (Wildman–Crippen LogP) is 0.00562. The second-order valence-corrected chi connectivity index (χ2v) is 7.72. The van der Waals surface area contributed by atoms with Gasteiger partial charge < -0.3 is 15.4 Å². The van der Waals surface area contributed by atoms with Crippen LogP contribution in [0.4, 0.5) is 5.69 Å². The van der Waals surface area contributed by atoms with Crippen molar-refractivity contribution in [3.63, 3.8) is 0 Å². The van der Waals surface area contributed by atoms with Crippen LogP contribution in [0.2, 0.25) is 0 Å². The molecule has 1 fully saturated rings. The molecule has 0 saturated carbocycles. The number of piperazine rings is 1. The Kier molecular flexibility index (Phi) is 5.98. The summed E-state index contributed by atoms with van der Waals surface area (Å²) >= 11 is 0. The van der Waals surface area contributed by atoms with Crippen molar-refractivity contribution in [2.75, 3.05) is 25.5 Å². The molecule has 0 bridgehead atoms. The second kappa shape index (κ2) is 7.83. The Morgan fingerprint density at radius 2 is 2.08 bits per heavy atom. The summed E-state index contributed by atoms with van der Waals surface area (Å²) in [6.45, 7) is 3.10. The lowest BCUT2D eigenvalue weighted by Gasteiger charge is -2.33. The van der Waals surface area contributed by atoms with Gasteiger partial charge in [-0.3, -0.25) is 14.4 Å². The minimum absolute atomic E-state index is 0.0273. The van der Waals surface area contributed by atoms with Crippen LogP contribution in [-0.2, 0) is 29.1 Å². The number of anilines is 1. The highest BCUT2D eigenvalue weighted by atomic mass is 32.2. The first-order valence-electron chi connectivity index (χ1n) is 7.91. The van der Waals surface area contributed by atoms with E-state index >= 15 is 0 Å². The maximum absolute atomic E-state index is 13.2. The van der Waals surface area contributed by atoms with Crippen LogP contribution in [0.5, 0.6) is 0 Å². The zero-order valence-corrected chi connectivity index (χ0v) is 15.6. The zero-order valence-electron chi connectivity index (χ0n) is 14.7. The molecule has 1 aliphatic rings. The molecule has 1 saturated heterocycles. The first-order valence-corrected chi connectivity index (χ1v) is 9.35. The number of nitrogens with zero attached hydrogens (tertiary/aromatic N) is 1. The summed E-state index contributed by atoms with van der Waals surface area (Å²) < 4.78 is 31.9. The number of amides is 2. The molecule has 0 radical (unpaired) electrons. The second-order valence-electron chi connectivity index (χ2n) is 5.86. The van der Waals surface area contributed by atoms with Gasteiger partial charge in [-0.15, -0.1) is 0 Å². The number of methoxy groups -OCH3 is 1. The molecule has 1 atom stereocenters. The predicted molar refractivity (Wildman–Crippen MR) is 92.8 cm³/mol. The van der Waals surface area contributed by atoms with Crippen molar-refractivity contribution in [2.24, 2.45) is 0 Å². The van der Waals surface area contributed by atoms with Gasteiger partial charge in [-0.2, -0.15) is 4.31 Å². The Morgan fingerprint density at radius 1 is 1.38 bits per heavy atom. The topological polar surface area (TPSA) is 122 Å². The number of nitrogens with one attached hydrogen (secondary N) is 2. The van der Waals surface area contributed by atoms with Gasteiger partial charge in [-0.1, -0.05) is 6.07 Å². The van der Waals surface area contributed by atoms with Gasteiger partial charge in [-0.05, 0) is 24.6 Å². The highest BCUT2D eigenvalue weighted by Crippen LogP contribution is 2.27. The van der Waals surface area contributed by atoms with Crippen molar-refractivity contribution >= 4 is 33.5 Å². The number of carbonyl (C=O) groups is 3. The first-order chi connectivity index (χ1) is 12.2. The Hall–Kier alpha value is -2.46. The summed E-state index contributed by atoms with van der Waals surface area (Å²) in [6, 6.07) is 3.31. The van der Waals surface area contributed by atoms with Gasteiger partial charge >= 0.3 is 5.97 Å². The molecule has 1 aromatic rings. The SMILES string of the molecule is COC(=O)CC1C(=O)NCCN1S(=O)(=O)c1cc(NC(C)=O)ccc1C. The van der Waals surface area contributed by atoms with Crippen molar-refractivity contribution in [3.05, 3.63) is 23.8 Å². The van der Waals surface area contributed by atoms with Gasteiger partial charge in [0.15, 0.2) is 0 Å². The van der Waals surface area contributed by atoms with Gasteiger partial charge in [0, 0.05) is 25.7 Å². The van der Waals surface area contributed by atoms with Gasteiger partial charge in [0.1, 0.15) is 6.04 Å². The minimum Gasteiger partial charge on any atom is -0.469 e. The van der Waals surface area contributed by atoms with Crippen LogP contribution in [0.25, 0.3) is 0 Å². The van der Waals surface area contributed by atoms with E-state index in [1.807, 2.05) is 0 Å². The summed E-state index contributed by atoms with van der Waals surface area (Å²) in [5.41, 5.74) is 0.787. The van der Waals surface area contributed by atoms with E-state index in [4.69, 9.17) is 0 Å². The van der Waals surface area contributed by atoms with E-state index in [1.54, 1.807) is 19.1 Å². The highest BCUT2D eigenvalue weighted by Gasteiger charge is 2.40. The maximum Gasteiger partial charge on any atom is 0.307 e. The summed E-state index contributed by atoms with van der Waals surface area (Å²) in [7, 11) is -2.90. The molecule has 1 aliphatic heterocycles. The third-order valence-electron chi connectivity index (χ3n) is 3.96. The largest absolute Gasteiger partial charge is 0.469 e. The fourth-order valence-corrected chi connectivity index (χ4v) is 4.54. The van der Waals surface area contributed by atoms with Gasteiger partial charge in [-0.25, -0.2) is 8.42 Å². The average Bonchev–Trinajstić information content (AvgIpc) is 2.57. The Bertz CT molecular complexity index is 836. The molecule has 2 N–H and O–H groups in total. The zero-order chi connectivity index (χ0) is 19.5. The number of rotatable bonds is 5. The number of sulfonamides is 1. The molecule has 0 aromatic heterocycles. The molecule has 2 amide bonds. The third-order valence-corrected chi connectivity index (χ3v) is 6.01. The fourth-order valence-electron chi connectivity index (χ4n) is 2.70. The highest BCUT2D eigenvalue weighted by molar-refractivity contribution is 7.89. The van der Waals surface area contributed by atoms with Crippen LogP contribution in [-0.4, -0.2) is 56.7 Å². The van der Waals surface area contributed by atoms with Crippen LogP contribution >= 0.6 is 0 Å². The van der Waals surface area contributed by atoms with E-state index in [2.05, 4.69) is 15.4 Å². The molecule has 10 heteroatoms. The van der Waals surface area contributed by atoms with Crippen LogP contribution in [0.3, 0.4) is 0 Å². The number of aryl methyl sites for hydroxylation is 1. The number of ether oxygens (including phenoxy) is 1. The van der Waals surface area contributed by atoms with E-state index in [0.717, 1.165) is 4.31 Å². The van der Waals surface area contributed by atoms with Crippen molar-refractivity contribution in [1.82, 2.24) is 9.62 Å². The number of hydrogen-bond donors (Lipinski definition) is 2. The van der Waals surface area contributed by atoms with E-state index in [0.29, 0.717) is 11.3 Å². The summed E-state index contributed by atoms with van der Waals surface area (Å²) in [4.78, 5) is 35.0. The molecule has 2 rings (SSSR count). The lowest BCUT2D eigenvalue weighted by molar-refractivity contribution is -0.144. The Labute approximate surface area is 151 Å². The third kappa shape index (κ3) is 4.20. The van der Waals surface area contributed by atoms with Crippen molar-refractivity contribution < 1.29 is 27.5 Å². The van der Waals surface area contributed by atoms with Gasteiger partial charge in [0.2, 0.25) is 21.8 Å². The van der Waals surface area contributed by atoms with Crippen LogP contribution < -0.4 is 10.6 Å². The Balaban J connectivity index is 2.45. The summed E-state index contributed by atoms with van der Waals surface area (Å²) in [5.74, 6) is -1.57. The standard InChI is InChI=1S/C16H21N3O6S/c1-10-4-5-12(18-11(2)20)8-14(10)26(23,24)19-7-6-17-16(22)13(19)9-15(21)25-3/h4-5,8,13H,6-7,9H2,1-3H3,(H,17,22)(H,18,20). The smallest absolute Gasteiger partial charge is 0.307 e. The summed E-state index contributed by atoms with van der Waals surface area (Å²) in [5, 5.41) is 5.09. The molecule has 0 spiro atoms. The fraction of sp³-hybridized carbons (Fsp3) is 0.438. The molecular weight excluding hydrogens is 362 g/mol. The number of esters is 1. The van der Waals surface area contributed by atoms with Gasteiger partial charge in [0.25, 0.3) is 0 Å². The lowest BCUT2D eigenvalue weighted by atomic mass is 10.1. The monoisotopic (exact) mass is 383 g/mol. The molecular formula is C16H21N3O6S. The van der Waals surface area contributed by atoms with Crippen molar-refractivity contribution in [2.45, 2.75) is 31.2 Å². The molecule has 142 valence electrons. The quantitative estimate of drug-likeness (QED) is 0.691. The Morgan fingerprint density at radius 3 is 2.69 bits per heavy atom. The van der Waals surface area contributed by atoms with Crippen molar-refractivity contribution in [1.29, 1.82) is 0 Å². The molecule has 1 unspecified atom stereocenters. The normalized spacial score (nSPS) is 18.1. The van der Waals surface area contributed by atoms with E-state index in [9.17, 15) is 22.8 Å². The van der Waals surface area contributed by atoms with Crippen molar-refractivity contribution in [3.8, 4) is 0 Å². The van der Waals surface area contributed by atoms with Crippen LogP contribution in [0.1, 0.15) is 18.9 Å².